The Hall–Kier alpha value is -3.41. The molecule has 11 nitrogen and oxygen atoms in total. The molecule has 1 aromatic carbocycles. The molecule has 2 amide bonds. The van der Waals surface area contributed by atoms with Crippen molar-refractivity contribution in [3.63, 3.8) is 0 Å². The van der Waals surface area contributed by atoms with Crippen LogP contribution in [0.3, 0.4) is 0 Å². The quantitative estimate of drug-likeness (QED) is 0.0429. The second-order valence-corrected chi connectivity index (χ2v) is 20.2. The molecule has 5 rings (SSSR count). The van der Waals surface area contributed by atoms with Crippen LogP contribution in [-0.4, -0.2) is 83.7 Å². The smallest absolute Gasteiger partial charge is 0.412 e. The molecule has 4 aliphatic rings. The lowest BCUT2D eigenvalue weighted by atomic mass is 9.55. The van der Waals surface area contributed by atoms with Gasteiger partial charge in [-0.05, 0) is 101 Å². The Bertz CT molecular complexity index is 1670. The van der Waals surface area contributed by atoms with Crippen LogP contribution in [0.4, 0.5) is 4.79 Å². The Morgan fingerprint density at radius 1 is 0.938 bits per heavy atom. The molecule has 0 unspecified atom stereocenters. The topological polar surface area (TPSA) is 139 Å². The Balaban J connectivity index is 1.50. The number of carbonyl (C=O) groups excluding carboxylic acids is 2. The first kappa shape index (κ1) is 51.6. The van der Waals surface area contributed by atoms with Crippen LogP contribution in [-0.2, 0) is 14.4 Å². The number of oxime groups is 1. The minimum atomic E-state index is -1.31. The highest BCUT2D eigenvalue weighted by Crippen LogP contribution is 2.62. The zero-order valence-electron chi connectivity index (χ0n) is 40.4. The average molecular weight is 892 g/mol. The van der Waals surface area contributed by atoms with Crippen LogP contribution in [0.2, 0.25) is 0 Å². The van der Waals surface area contributed by atoms with E-state index in [1.807, 2.05) is 44.9 Å². The van der Waals surface area contributed by atoms with E-state index in [2.05, 4.69) is 24.9 Å². The second kappa shape index (κ2) is 26.1. The van der Waals surface area contributed by atoms with Gasteiger partial charge in [-0.3, -0.25) is 4.79 Å². The molecule has 2 saturated carbocycles. The van der Waals surface area contributed by atoms with Gasteiger partial charge in [-0.25, -0.2) is 4.79 Å². The first-order valence-electron chi connectivity index (χ1n) is 25.4. The number of fused-ring (bicyclic) bond motifs is 2. The number of aliphatic hydroxyl groups is 2. The zero-order chi connectivity index (χ0) is 46.0. The van der Waals surface area contributed by atoms with E-state index in [0.29, 0.717) is 49.6 Å². The summed E-state index contributed by atoms with van der Waals surface area (Å²) in [6.07, 6.45) is 27.0. The number of rotatable bonds is 28. The minimum absolute atomic E-state index is 0.0534. The van der Waals surface area contributed by atoms with Crippen molar-refractivity contribution >= 4 is 17.7 Å². The van der Waals surface area contributed by atoms with E-state index in [4.69, 9.17) is 24.2 Å². The lowest BCUT2D eigenvalue weighted by Crippen LogP contribution is -2.69. The average Bonchev–Trinajstić information content (AvgIpc) is 3.80. The fourth-order valence-electron chi connectivity index (χ4n) is 10.9. The van der Waals surface area contributed by atoms with Gasteiger partial charge in [0.25, 0.3) is 0 Å². The summed E-state index contributed by atoms with van der Waals surface area (Å²) in [5, 5.41) is 27.8. The van der Waals surface area contributed by atoms with Gasteiger partial charge in [0.1, 0.15) is 23.1 Å². The van der Waals surface area contributed by atoms with Crippen LogP contribution >= 0.6 is 0 Å². The number of nitrogens with zero attached hydrogens (tertiary/aromatic N) is 2. The molecule has 0 aromatic heterocycles. The van der Waals surface area contributed by atoms with Crippen LogP contribution < -0.4 is 14.8 Å². The summed E-state index contributed by atoms with van der Waals surface area (Å²) in [5.74, 6) is -0.0677. The highest BCUT2D eigenvalue weighted by atomic mass is 16.7. The third kappa shape index (κ3) is 14.3. The standard InChI is InChI=1S/C53H85N3O8/c1-7-9-10-11-12-13-14-15-16-21-32-54-51(60)62-41-29-30-46-44(37-41)49-42(27-20-23-34-58)40(26-19-22-33-57)36-43-45(55-64-52(3,4)5)38-47(53(63-46,50(43)49)61-35-8-2)56(6)48(59)31-28-39-24-17-18-25-39/h8,29-30,36-37,39-40,42,47,49-50,57-58H,2,7,9-28,31-35,38H2,1,3-6H3,(H,54,60)/t40-,42+,47-,49+,50+,53+/m0/s1. The Kier molecular flexibility index (Phi) is 21.0. The summed E-state index contributed by atoms with van der Waals surface area (Å²) in [4.78, 5) is 35.8. The predicted molar refractivity (Wildman–Crippen MR) is 256 cm³/mol. The normalized spacial score (nSPS) is 24.6. The predicted octanol–water partition coefficient (Wildman–Crippen LogP) is 11.6. The van der Waals surface area contributed by atoms with Gasteiger partial charge in [0.15, 0.2) is 0 Å². The highest BCUT2D eigenvalue weighted by Gasteiger charge is 2.65. The molecule has 3 N–H and O–H groups in total. The summed E-state index contributed by atoms with van der Waals surface area (Å²) in [7, 11) is 1.88. The molecule has 64 heavy (non-hydrogen) atoms. The number of aliphatic hydroxyl groups excluding tert-OH is 2. The summed E-state index contributed by atoms with van der Waals surface area (Å²) in [5.41, 5.74) is 2.12. The van der Waals surface area contributed by atoms with Crippen molar-refractivity contribution in [2.24, 2.45) is 28.8 Å². The third-order valence-corrected chi connectivity index (χ3v) is 14.2. The van der Waals surface area contributed by atoms with E-state index in [1.54, 1.807) is 12.1 Å². The maximum absolute atomic E-state index is 14.4. The van der Waals surface area contributed by atoms with Gasteiger partial charge in [-0.15, -0.1) is 6.58 Å². The fraction of sp³-hybridized carbons (Fsp3) is 0.755. The summed E-state index contributed by atoms with van der Waals surface area (Å²) < 4.78 is 20.4. The summed E-state index contributed by atoms with van der Waals surface area (Å²) in [6.45, 7) is 13.2. The van der Waals surface area contributed by atoms with Crippen LogP contribution in [0.5, 0.6) is 11.5 Å². The highest BCUT2D eigenvalue weighted by molar-refractivity contribution is 6.03. The van der Waals surface area contributed by atoms with Crippen LogP contribution in [0.15, 0.2) is 47.7 Å². The molecule has 11 heteroatoms. The number of carbonyl (C=O) groups is 2. The van der Waals surface area contributed by atoms with Crippen molar-refractivity contribution < 1.29 is 38.9 Å². The van der Waals surface area contributed by atoms with Crippen molar-refractivity contribution in [2.45, 2.75) is 199 Å². The lowest BCUT2D eigenvalue weighted by Gasteiger charge is -2.59. The van der Waals surface area contributed by atoms with Crippen molar-refractivity contribution in [1.29, 1.82) is 0 Å². The Morgan fingerprint density at radius 3 is 2.27 bits per heavy atom. The number of amides is 2. The van der Waals surface area contributed by atoms with Gasteiger partial charge in [0.05, 0.1) is 18.2 Å². The van der Waals surface area contributed by atoms with E-state index in [0.717, 1.165) is 61.8 Å². The number of unbranched alkanes of at least 4 members (excludes halogenated alkanes) is 11. The number of nitrogens with one attached hydrogen (secondary N) is 1. The number of ether oxygens (including phenoxy) is 3. The second-order valence-electron chi connectivity index (χ2n) is 20.2. The molecule has 360 valence electrons. The van der Waals surface area contributed by atoms with Crippen LogP contribution in [0, 0.1) is 23.7 Å². The van der Waals surface area contributed by atoms with Crippen molar-refractivity contribution in [2.75, 3.05) is 33.4 Å². The summed E-state index contributed by atoms with van der Waals surface area (Å²) >= 11 is 0. The molecule has 2 fully saturated rings. The number of hydrogen-bond donors (Lipinski definition) is 3. The van der Waals surface area contributed by atoms with Gasteiger partial charge >= 0.3 is 6.09 Å². The number of allylic oxidation sites excluding steroid dienone is 1. The van der Waals surface area contributed by atoms with Crippen molar-refractivity contribution in [1.82, 2.24) is 10.2 Å². The van der Waals surface area contributed by atoms with Gasteiger partial charge in [0.2, 0.25) is 11.7 Å². The molecular weight excluding hydrogens is 807 g/mol. The molecule has 1 heterocycles. The molecular formula is C53H85N3O8. The lowest BCUT2D eigenvalue weighted by molar-refractivity contribution is -0.255. The molecule has 0 radical (unpaired) electrons. The number of benzene rings is 1. The van der Waals surface area contributed by atoms with Crippen LogP contribution in [0.1, 0.15) is 187 Å². The molecule has 1 aliphatic heterocycles. The Labute approximate surface area is 386 Å². The van der Waals surface area contributed by atoms with E-state index in [9.17, 15) is 19.8 Å². The maximum Gasteiger partial charge on any atom is 0.412 e. The Morgan fingerprint density at radius 2 is 1.61 bits per heavy atom. The molecule has 6 atom stereocenters. The number of likely N-dealkylation sites (N-methyl/N-ethyl adjacent to an activating group) is 1. The van der Waals surface area contributed by atoms with Gasteiger partial charge < -0.3 is 39.5 Å². The van der Waals surface area contributed by atoms with E-state index >= 15 is 0 Å². The monoisotopic (exact) mass is 892 g/mol. The van der Waals surface area contributed by atoms with Gasteiger partial charge in [-0.2, -0.15) is 0 Å². The molecule has 0 bridgehead atoms. The molecule has 0 saturated heterocycles. The van der Waals surface area contributed by atoms with E-state index in [-0.39, 0.29) is 43.5 Å². The minimum Gasteiger partial charge on any atom is -0.459 e. The van der Waals surface area contributed by atoms with Gasteiger partial charge in [0, 0.05) is 51.1 Å². The van der Waals surface area contributed by atoms with E-state index < -0.39 is 29.4 Å². The fourth-order valence-corrected chi connectivity index (χ4v) is 10.9. The molecule has 1 aromatic rings. The SMILES string of the molecule is C=CCO[C@@]12Oc3ccc(OC(=O)NCCCCCCCCCCCC)cc3[C@H]3[C@H](CCCCO)[C@@H](CCCCO)C=C(C(=NOC(C)(C)C)C[C@@H]1N(C)C(=O)CCC1CCCC1)[C@H]32. The molecule has 0 spiro atoms. The largest absolute Gasteiger partial charge is 0.459 e. The van der Waals surface area contributed by atoms with E-state index in [1.165, 1.54) is 77.0 Å². The number of hydrogen-bond acceptors (Lipinski definition) is 9. The first-order chi connectivity index (χ1) is 31.0. The molecule has 3 aliphatic carbocycles. The van der Waals surface area contributed by atoms with Crippen molar-refractivity contribution in [3.8, 4) is 11.5 Å². The third-order valence-electron chi connectivity index (χ3n) is 14.2. The first-order valence-corrected chi connectivity index (χ1v) is 25.4. The maximum atomic E-state index is 14.4. The van der Waals surface area contributed by atoms with Crippen LogP contribution in [0.25, 0.3) is 0 Å². The summed E-state index contributed by atoms with van der Waals surface area (Å²) in [6, 6.07) is 5.09. The van der Waals surface area contributed by atoms with Gasteiger partial charge in [-0.1, -0.05) is 121 Å². The zero-order valence-corrected chi connectivity index (χ0v) is 40.4. The van der Waals surface area contributed by atoms with Crippen molar-refractivity contribution in [3.05, 3.63) is 48.1 Å².